The second-order valence-corrected chi connectivity index (χ2v) is 4.77. The van der Waals surface area contributed by atoms with Gasteiger partial charge >= 0.3 is 0 Å². The van der Waals surface area contributed by atoms with Crippen molar-refractivity contribution in [1.82, 2.24) is 0 Å². The normalized spacial score (nSPS) is 15.6. The fourth-order valence-corrected chi connectivity index (χ4v) is 1.79. The fraction of sp³-hybridized carbons (Fsp3) is 0.375. The highest BCUT2D eigenvalue weighted by Gasteiger charge is 2.01. The van der Waals surface area contributed by atoms with Gasteiger partial charge in [0, 0.05) is 0 Å². The van der Waals surface area contributed by atoms with E-state index in [4.69, 9.17) is 0 Å². The average Bonchev–Trinajstić information content (AvgIpc) is 2.26. The molecule has 0 saturated heterocycles. The second kappa shape index (κ2) is 6.32. The van der Waals surface area contributed by atoms with Crippen LogP contribution in [0.4, 0.5) is 0 Å². The molecule has 0 heteroatoms. The molecule has 1 aliphatic rings. The van der Waals surface area contributed by atoms with Gasteiger partial charge in [-0.2, -0.15) is 0 Å². The van der Waals surface area contributed by atoms with Gasteiger partial charge in [-0.15, -0.1) is 0 Å². The van der Waals surface area contributed by atoms with Crippen LogP contribution in [0.5, 0.6) is 0 Å². The zero-order valence-electron chi connectivity index (χ0n) is 10.5. The zero-order valence-corrected chi connectivity index (χ0v) is 10.5. The Bertz CT molecular complexity index is 348. The first-order chi connectivity index (χ1) is 7.59. The summed E-state index contributed by atoms with van der Waals surface area (Å²) < 4.78 is 0. The van der Waals surface area contributed by atoms with Gasteiger partial charge < -0.3 is 0 Å². The molecule has 0 heterocycles. The van der Waals surface area contributed by atoms with Gasteiger partial charge in [0.15, 0.2) is 0 Å². The third-order valence-corrected chi connectivity index (χ3v) is 2.62. The molecule has 16 heavy (non-hydrogen) atoms. The predicted octanol–water partition coefficient (Wildman–Crippen LogP) is 4.98. The lowest BCUT2D eigenvalue weighted by molar-refractivity contribution is 0.651. The van der Waals surface area contributed by atoms with Crippen LogP contribution >= 0.6 is 0 Å². The molecule has 0 aromatic heterocycles. The summed E-state index contributed by atoms with van der Waals surface area (Å²) in [5.41, 5.74) is 3.65. The van der Waals surface area contributed by atoms with Crippen LogP contribution in [0.2, 0.25) is 0 Å². The summed E-state index contributed by atoms with van der Waals surface area (Å²) >= 11 is 0. The molecule has 86 valence electrons. The predicted molar refractivity (Wildman–Crippen MR) is 73.3 cm³/mol. The molecule has 0 N–H and O–H groups in total. The van der Waals surface area contributed by atoms with Crippen LogP contribution in [0.3, 0.4) is 0 Å². The van der Waals surface area contributed by atoms with E-state index in [1.54, 1.807) is 0 Å². The number of hydrogen-bond donors (Lipinski definition) is 0. The van der Waals surface area contributed by atoms with Crippen molar-refractivity contribution < 1.29 is 0 Å². The molecule has 0 amide bonds. The highest BCUT2D eigenvalue weighted by atomic mass is 14.1. The summed E-state index contributed by atoms with van der Waals surface area (Å²) in [6.07, 6.45) is 13.9. The van der Waals surface area contributed by atoms with E-state index in [0.717, 1.165) is 24.8 Å². The van der Waals surface area contributed by atoms with Gasteiger partial charge in [-0.3, -0.25) is 0 Å². The van der Waals surface area contributed by atoms with Crippen LogP contribution in [0.1, 0.15) is 33.1 Å². The third-order valence-electron chi connectivity index (χ3n) is 2.62. The molecule has 0 aliphatic heterocycles. The topological polar surface area (TPSA) is 0 Å². The SMILES string of the molecule is C=C(/C=C\C(=C)C1=CC=CCC1)CC(C)C. The summed E-state index contributed by atoms with van der Waals surface area (Å²) in [6, 6.07) is 0. The molecule has 1 aliphatic carbocycles. The van der Waals surface area contributed by atoms with E-state index in [1.165, 1.54) is 11.1 Å². The smallest absolute Gasteiger partial charge is 0.0238 e. The molecule has 0 fully saturated rings. The van der Waals surface area contributed by atoms with E-state index in [0.29, 0.717) is 5.92 Å². The maximum Gasteiger partial charge on any atom is -0.0238 e. The molecule has 0 aromatic rings. The second-order valence-electron chi connectivity index (χ2n) is 4.77. The number of hydrogen-bond acceptors (Lipinski definition) is 0. The summed E-state index contributed by atoms with van der Waals surface area (Å²) in [5, 5.41) is 0. The minimum atomic E-state index is 0.669. The van der Waals surface area contributed by atoms with Crippen LogP contribution < -0.4 is 0 Å². The molecule has 1 rings (SSSR count). The van der Waals surface area contributed by atoms with E-state index in [-0.39, 0.29) is 0 Å². The van der Waals surface area contributed by atoms with Gasteiger partial charge in [0.05, 0.1) is 0 Å². The van der Waals surface area contributed by atoms with E-state index in [1.807, 2.05) is 0 Å². The van der Waals surface area contributed by atoms with Gasteiger partial charge in [-0.05, 0) is 36.3 Å². The molecule has 0 radical (unpaired) electrons. The Balaban J connectivity index is 2.50. The van der Waals surface area contributed by atoms with Gasteiger partial charge in [0.2, 0.25) is 0 Å². The van der Waals surface area contributed by atoms with Crippen LogP contribution in [0.25, 0.3) is 0 Å². The monoisotopic (exact) mass is 214 g/mol. The van der Waals surface area contributed by atoms with Crippen molar-refractivity contribution in [2.45, 2.75) is 33.1 Å². The standard InChI is InChI=1S/C16H22/c1-13(2)12-14(3)10-11-15(4)16-8-6-5-7-9-16/h5-6,8,10-11,13H,3-4,7,9,12H2,1-2H3/b11-10-. The third kappa shape index (κ3) is 4.48. The molecule has 0 nitrogen and oxygen atoms in total. The van der Waals surface area contributed by atoms with E-state index in [9.17, 15) is 0 Å². The van der Waals surface area contributed by atoms with Crippen LogP contribution in [-0.2, 0) is 0 Å². The van der Waals surface area contributed by atoms with Crippen molar-refractivity contribution in [1.29, 1.82) is 0 Å². The Kier molecular flexibility index (Phi) is 5.04. The van der Waals surface area contributed by atoms with E-state index >= 15 is 0 Å². The van der Waals surface area contributed by atoms with Crippen molar-refractivity contribution >= 4 is 0 Å². The van der Waals surface area contributed by atoms with E-state index < -0.39 is 0 Å². The minimum Gasteiger partial charge on any atom is -0.0958 e. The van der Waals surface area contributed by atoms with Crippen molar-refractivity contribution in [2.24, 2.45) is 5.92 Å². The largest absolute Gasteiger partial charge is 0.0958 e. The van der Waals surface area contributed by atoms with Crippen LogP contribution in [0, 0.1) is 5.92 Å². The van der Waals surface area contributed by atoms with Crippen molar-refractivity contribution in [3.8, 4) is 0 Å². The lowest BCUT2D eigenvalue weighted by Gasteiger charge is -2.09. The van der Waals surface area contributed by atoms with Gasteiger partial charge in [0.25, 0.3) is 0 Å². The van der Waals surface area contributed by atoms with E-state index in [2.05, 4.69) is 57.4 Å². The molecule has 0 atom stereocenters. The number of rotatable bonds is 5. The van der Waals surface area contributed by atoms with Gasteiger partial charge in [-0.1, -0.05) is 63.0 Å². The summed E-state index contributed by atoms with van der Waals surface area (Å²) in [7, 11) is 0. The quantitative estimate of drug-likeness (QED) is 0.566. The number of allylic oxidation sites excluding steroid dienone is 8. The molecular formula is C16H22. The Morgan fingerprint density at radius 1 is 1.38 bits per heavy atom. The first-order valence-corrected chi connectivity index (χ1v) is 6.00. The Morgan fingerprint density at radius 3 is 2.69 bits per heavy atom. The van der Waals surface area contributed by atoms with Crippen LogP contribution in [-0.4, -0.2) is 0 Å². The minimum absolute atomic E-state index is 0.669. The van der Waals surface area contributed by atoms with Gasteiger partial charge in [-0.25, -0.2) is 0 Å². The molecular weight excluding hydrogens is 192 g/mol. The van der Waals surface area contributed by atoms with Crippen molar-refractivity contribution in [3.63, 3.8) is 0 Å². The Labute approximate surface area is 99.8 Å². The fourth-order valence-electron chi connectivity index (χ4n) is 1.79. The summed E-state index contributed by atoms with van der Waals surface area (Å²) in [5.74, 6) is 0.669. The molecule has 0 saturated carbocycles. The van der Waals surface area contributed by atoms with Crippen molar-refractivity contribution in [3.05, 3.63) is 60.3 Å². The average molecular weight is 214 g/mol. The molecule has 0 bridgehead atoms. The molecule has 0 unspecified atom stereocenters. The first-order valence-electron chi connectivity index (χ1n) is 6.00. The zero-order chi connectivity index (χ0) is 12.0. The maximum absolute atomic E-state index is 4.10. The van der Waals surface area contributed by atoms with Gasteiger partial charge in [0.1, 0.15) is 0 Å². The summed E-state index contributed by atoms with van der Waals surface area (Å²) in [6.45, 7) is 12.6. The maximum atomic E-state index is 4.10. The Hall–Kier alpha value is -1.30. The van der Waals surface area contributed by atoms with Crippen molar-refractivity contribution in [2.75, 3.05) is 0 Å². The lowest BCUT2D eigenvalue weighted by Crippen LogP contribution is -1.90. The summed E-state index contributed by atoms with van der Waals surface area (Å²) in [4.78, 5) is 0. The lowest BCUT2D eigenvalue weighted by atomic mass is 9.97. The molecule has 0 spiro atoms. The van der Waals surface area contributed by atoms with Crippen LogP contribution in [0.15, 0.2) is 60.3 Å². The highest BCUT2D eigenvalue weighted by Crippen LogP contribution is 2.20. The Morgan fingerprint density at radius 2 is 2.12 bits per heavy atom. The highest BCUT2D eigenvalue weighted by molar-refractivity contribution is 5.42. The molecule has 0 aromatic carbocycles. The first kappa shape index (κ1) is 12.8.